The van der Waals surface area contributed by atoms with Crippen LogP contribution < -0.4 is 0 Å². The summed E-state index contributed by atoms with van der Waals surface area (Å²) in [5.41, 5.74) is 0. The molecule has 0 fully saturated rings. The third kappa shape index (κ3) is 1.34. The lowest BCUT2D eigenvalue weighted by atomic mass is 10.1. The highest BCUT2D eigenvalue weighted by atomic mass is 79.9. The van der Waals surface area contributed by atoms with Gasteiger partial charge in [-0.15, -0.1) is 0 Å². The predicted molar refractivity (Wildman–Crippen MR) is 46.0 cm³/mol. The van der Waals surface area contributed by atoms with Gasteiger partial charge in [-0.25, -0.2) is 0 Å². The van der Waals surface area contributed by atoms with Crippen LogP contribution in [0.5, 0.6) is 0 Å². The molecule has 2 N–H and O–H groups in total. The first kappa shape index (κ1) is 8.46. The number of halogens is 2. The van der Waals surface area contributed by atoms with Crippen LogP contribution in [0.2, 0.25) is 0 Å². The summed E-state index contributed by atoms with van der Waals surface area (Å²) in [5, 5.41) is 18.6. The molecule has 1 rings (SSSR count). The van der Waals surface area contributed by atoms with Crippen molar-refractivity contribution in [3.05, 3.63) is 22.7 Å². The average molecular weight is 270 g/mol. The van der Waals surface area contributed by atoms with Crippen LogP contribution in [0, 0.1) is 0 Å². The second-order valence-corrected chi connectivity index (χ2v) is 4.08. The molecule has 10 heavy (non-hydrogen) atoms. The molecule has 2 nitrogen and oxygen atoms in total. The van der Waals surface area contributed by atoms with Crippen LogP contribution in [0.1, 0.15) is 0 Å². The average Bonchev–Trinajstić information content (AvgIpc) is 1.84. The molecule has 2 unspecified atom stereocenters. The van der Waals surface area contributed by atoms with E-state index in [1.165, 1.54) is 6.08 Å². The second kappa shape index (κ2) is 2.77. The topological polar surface area (TPSA) is 40.5 Å². The Morgan fingerprint density at radius 2 is 2.20 bits per heavy atom. The van der Waals surface area contributed by atoms with Gasteiger partial charge in [-0.05, 0) is 22.0 Å². The minimum absolute atomic E-state index is 0.523. The van der Waals surface area contributed by atoms with E-state index in [0.29, 0.717) is 4.48 Å². The molecule has 0 aromatic heterocycles. The van der Waals surface area contributed by atoms with Gasteiger partial charge in [0.05, 0.1) is 0 Å². The van der Waals surface area contributed by atoms with E-state index in [-0.39, 0.29) is 0 Å². The Morgan fingerprint density at radius 3 is 2.60 bits per heavy atom. The highest BCUT2D eigenvalue weighted by molar-refractivity contribution is 9.14. The van der Waals surface area contributed by atoms with Crippen molar-refractivity contribution >= 4 is 31.9 Å². The minimum atomic E-state index is -1.35. The lowest BCUT2D eigenvalue weighted by Gasteiger charge is -2.26. The summed E-state index contributed by atoms with van der Waals surface area (Å²) >= 11 is 6.07. The van der Waals surface area contributed by atoms with Gasteiger partial charge in [0.1, 0.15) is 6.10 Å². The summed E-state index contributed by atoms with van der Waals surface area (Å²) in [5.74, 6) is 0. The maximum Gasteiger partial charge on any atom is 0.180 e. The minimum Gasteiger partial charge on any atom is -0.385 e. The van der Waals surface area contributed by atoms with Crippen molar-refractivity contribution in [2.24, 2.45) is 0 Å². The van der Waals surface area contributed by atoms with Crippen LogP contribution in [-0.4, -0.2) is 20.8 Å². The van der Waals surface area contributed by atoms with E-state index in [9.17, 15) is 5.11 Å². The van der Waals surface area contributed by atoms with Crippen LogP contribution >= 0.6 is 31.9 Å². The van der Waals surface area contributed by atoms with Gasteiger partial charge >= 0.3 is 0 Å². The van der Waals surface area contributed by atoms with Crippen molar-refractivity contribution in [2.75, 3.05) is 0 Å². The Kier molecular flexibility index (Phi) is 2.34. The zero-order valence-electron chi connectivity index (χ0n) is 4.96. The largest absolute Gasteiger partial charge is 0.385 e. The molecule has 0 bridgehead atoms. The lowest BCUT2D eigenvalue weighted by Crippen LogP contribution is -2.36. The maximum atomic E-state index is 9.41. The smallest absolute Gasteiger partial charge is 0.180 e. The fraction of sp³-hybridized carbons (Fsp3) is 0.333. The standard InChI is InChI=1S/C6H6Br2O2/c7-4-2-1-3-5(9)6(4,8)10/h1-3,5,9-10H. The summed E-state index contributed by atoms with van der Waals surface area (Å²) in [6.07, 6.45) is 3.94. The zero-order chi connectivity index (χ0) is 7.78. The van der Waals surface area contributed by atoms with Gasteiger partial charge < -0.3 is 10.2 Å². The number of aliphatic hydroxyl groups excluding tert-OH is 1. The first-order valence-electron chi connectivity index (χ1n) is 2.69. The lowest BCUT2D eigenvalue weighted by molar-refractivity contribution is 0.0571. The Bertz CT molecular complexity index is 196. The molecule has 0 aliphatic heterocycles. The Balaban J connectivity index is 2.93. The number of allylic oxidation sites excluding steroid dienone is 2. The SMILES string of the molecule is OC1C=CC=C(Br)C1(O)Br. The maximum absolute atomic E-state index is 9.41. The third-order valence-corrected chi connectivity index (χ3v) is 3.56. The van der Waals surface area contributed by atoms with Crippen molar-refractivity contribution in [3.8, 4) is 0 Å². The van der Waals surface area contributed by atoms with Crippen LogP contribution in [0.3, 0.4) is 0 Å². The molecular weight excluding hydrogens is 264 g/mol. The zero-order valence-corrected chi connectivity index (χ0v) is 8.13. The fourth-order valence-electron chi connectivity index (χ4n) is 0.631. The van der Waals surface area contributed by atoms with Gasteiger partial charge in [-0.1, -0.05) is 28.1 Å². The molecule has 0 aromatic rings. The molecule has 0 saturated carbocycles. The molecule has 0 heterocycles. The molecule has 0 saturated heterocycles. The van der Waals surface area contributed by atoms with Crippen molar-refractivity contribution in [1.29, 1.82) is 0 Å². The molecule has 4 heteroatoms. The Morgan fingerprint density at radius 1 is 1.60 bits per heavy atom. The summed E-state index contributed by atoms with van der Waals surface area (Å²) in [6.45, 7) is 0. The molecule has 0 amide bonds. The van der Waals surface area contributed by atoms with Crippen molar-refractivity contribution in [1.82, 2.24) is 0 Å². The number of hydrogen-bond donors (Lipinski definition) is 2. The molecule has 0 radical (unpaired) electrons. The van der Waals surface area contributed by atoms with Crippen molar-refractivity contribution in [3.63, 3.8) is 0 Å². The Hall–Kier alpha value is 0.360. The molecule has 1 aliphatic rings. The van der Waals surface area contributed by atoms with Crippen molar-refractivity contribution in [2.45, 2.75) is 10.6 Å². The van der Waals surface area contributed by atoms with Crippen LogP contribution in [0.4, 0.5) is 0 Å². The molecular formula is C6H6Br2O2. The van der Waals surface area contributed by atoms with Crippen LogP contribution in [0.15, 0.2) is 22.7 Å². The van der Waals surface area contributed by atoms with E-state index < -0.39 is 10.6 Å². The summed E-state index contributed by atoms with van der Waals surface area (Å²) in [7, 11) is 0. The first-order chi connectivity index (χ1) is 4.55. The number of aliphatic hydroxyl groups is 2. The molecule has 0 spiro atoms. The quantitative estimate of drug-likeness (QED) is 0.651. The Labute approximate surface area is 75.5 Å². The summed E-state index contributed by atoms with van der Waals surface area (Å²) in [4.78, 5) is 0. The second-order valence-electron chi connectivity index (χ2n) is 2.02. The normalized spacial score (nSPS) is 39.6. The monoisotopic (exact) mass is 268 g/mol. The predicted octanol–water partition coefficient (Wildman–Crippen LogP) is 1.28. The van der Waals surface area contributed by atoms with Gasteiger partial charge in [0.25, 0.3) is 0 Å². The van der Waals surface area contributed by atoms with Crippen LogP contribution in [-0.2, 0) is 0 Å². The van der Waals surface area contributed by atoms with Crippen molar-refractivity contribution < 1.29 is 10.2 Å². The summed E-state index contributed by atoms with van der Waals surface area (Å²) in [6, 6.07) is 0. The third-order valence-electron chi connectivity index (χ3n) is 1.26. The molecule has 1 aliphatic carbocycles. The number of alkyl halides is 1. The number of hydrogen-bond acceptors (Lipinski definition) is 2. The van der Waals surface area contributed by atoms with E-state index in [1.54, 1.807) is 12.2 Å². The van der Waals surface area contributed by atoms with Gasteiger partial charge in [0, 0.05) is 4.48 Å². The van der Waals surface area contributed by atoms with E-state index >= 15 is 0 Å². The van der Waals surface area contributed by atoms with Gasteiger partial charge in [-0.2, -0.15) is 0 Å². The molecule has 2 atom stereocenters. The molecule has 0 aromatic carbocycles. The van der Waals surface area contributed by atoms with E-state index in [0.717, 1.165) is 0 Å². The highest BCUT2D eigenvalue weighted by Gasteiger charge is 2.35. The van der Waals surface area contributed by atoms with E-state index in [1.807, 2.05) is 0 Å². The summed E-state index contributed by atoms with van der Waals surface area (Å²) < 4.78 is -0.822. The van der Waals surface area contributed by atoms with Gasteiger partial charge in [-0.3, -0.25) is 0 Å². The van der Waals surface area contributed by atoms with Crippen LogP contribution in [0.25, 0.3) is 0 Å². The van der Waals surface area contributed by atoms with E-state index in [2.05, 4.69) is 31.9 Å². The van der Waals surface area contributed by atoms with E-state index in [4.69, 9.17) is 5.11 Å². The molecule has 56 valence electrons. The highest BCUT2D eigenvalue weighted by Crippen LogP contribution is 2.35. The van der Waals surface area contributed by atoms with Gasteiger partial charge in [0.2, 0.25) is 0 Å². The first-order valence-corrected chi connectivity index (χ1v) is 4.27. The number of rotatable bonds is 0. The fourth-order valence-corrected chi connectivity index (χ4v) is 1.30. The van der Waals surface area contributed by atoms with Gasteiger partial charge in [0.15, 0.2) is 4.51 Å².